The summed E-state index contributed by atoms with van der Waals surface area (Å²) in [4.78, 5) is 0. The molecule has 0 spiro atoms. The van der Waals surface area contributed by atoms with Crippen molar-refractivity contribution in [2.45, 2.75) is 45.1 Å². The van der Waals surface area contributed by atoms with Crippen LogP contribution in [-0.2, 0) is 0 Å². The van der Waals surface area contributed by atoms with Crippen LogP contribution in [-0.4, -0.2) is 19.2 Å². The Morgan fingerprint density at radius 1 is 1.28 bits per heavy atom. The molecule has 1 fully saturated rings. The average Bonchev–Trinajstić information content (AvgIpc) is 3.21. The van der Waals surface area contributed by atoms with Gasteiger partial charge >= 0.3 is 0 Å². The molecule has 1 unspecified atom stereocenters. The van der Waals surface area contributed by atoms with Crippen molar-refractivity contribution in [2.24, 2.45) is 5.92 Å². The van der Waals surface area contributed by atoms with Gasteiger partial charge in [0.2, 0.25) is 0 Å². The molecule has 0 aliphatic heterocycles. The van der Waals surface area contributed by atoms with Crippen molar-refractivity contribution in [2.75, 3.05) is 13.2 Å². The lowest BCUT2D eigenvalue weighted by Gasteiger charge is -2.18. The van der Waals surface area contributed by atoms with Gasteiger partial charge in [-0.05, 0) is 43.9 Å². The number of rotatable bonds is 9. The molecule has 0 heterocycles. The van der Waals surface area contributed by atoms with E-state index in [0.717, 1.165) is 31.2 Å². The molecule has 1 saturated carbocycles. The number of benzene rings is 1. The summed E-state index contributed by atoms with van der Waals surface area (Å²) in [5.41, 5.74) is 0. The maximum atomic E-state index is 5.78. The fourth-order valence-corrected chi connectivity index (χ4v) is 2.24. The van der Waals surface area contributed by atoms with E-state index in [1.54, 1.807) is 0 Å². The molecule has 2 nitrogen and oxygen atoms in total. The highest BCUT2D eigenvalue weighted by atomic mass is 16.5. The predicted octanol–water partition coefficient (Wildman–Crippen LogP) is 3.62. The van der Waals surface area contributed by atoms with Gasteiger partial charge in [0.1, 0.15) is 5.75 Å². The van der Waals surface area contributed by atoms with Gasteiger partial charge in [0.25, 0.3) is 0 Å². The van der Waals surface area contributed by atoms with E-state index in [1.807, 2.05) is 30.3 Å². The lowest BCUT2D eigenvalue weighted by molar-refractivity contribution is 0.277. The van der Waals surface area contributed by atoms with E-state index in [9.17, 15) is 0 Å². The van der Waals surface area contributed by atoms with Crippen molar-refractivity contribution in [3.8, 4) is 5.75 Å². The van der Waals surface area contributed by atoms with Gasteiger partial charge in [0.15, 0.2) is 0 Å². The first-order chi connectivity index (χ1) is 8.88. The van der Waals surface area contributed by atoms with Gasteiger partial charge in [0, 0.05) is 6.04 Å². The maximum absolute atomic E-state index is 5.78. The van der Waals surface area contributed by atoms with Crippen LogP contribution in [0.2, 0.25) is 0 Å². The lowest BCUT2D eigenvalue weighted by Crippen LogP contribution is -2.31. The van der Waals surface area contributed by atoms with Crippen LogP contribution in [0.1, 0.15) is 39.0 Å². The van der Waals surface area contributed by atoms with E-state index in [2.05, 4.69) is 12.2 Å². The van der Waals surface area contributed by atoms with Crippen molar-refractivity contribution in [3.05, 3.63) is 30.3 Å². The predicted molar refractivity (Wildman–Crippen MR) is 76.0 cm³/mol. The normalized spacial score (nSPS) is 16.5. The smallest absolute Gasteiger partial charge is 0.119 e. The Bertz CT molecular complexity index is 321. The number of ether oxygens (including phenoxy) is 1. The quantitative estimate of drug-likeness (QED) is 0.719. The zero-order valence-electron chi connectivity index (χ0n) is 11.4. The van der Waals surface area contributed by atoms with E-state index in [-0.39, 0.29) is 0 Å². The van der Waals surface area contributed by atoms with E-state index >= 15 is 0 Å². The van der Waals surface area contributed by atoms with Gasteiger partial charge in [-0.3, -0.25) is 0 Å². The molecule has 0 amide bonds. The molecule has 2 rings (SSSR count). The SMILES string of the molecule is CCCNC(CCOc1ccccc1)CC1CC1. The summed E-state index contributed by atoms with van der Waals surface area (Å²) in [6, 6.07) is 10.7. The first kappa shape index (κ1) is 13.4. The minimum absolute atomic E-state index is 0.640. The van der Waals surface area contributed by atoms with Crippen molar-refractivity contribution >= 4 is 0 Å². The van der Waals surface area contributed by atoms with Crippen molar-refractivity contribution in [1.82, 2.24) is 5.32 Å². The topological polar surface area (TPSA) is 21.3 Å². The second kappa shape index (κ2) is 7.42. The minimum atomic E-state index is 0.640. The van der Waals surface area contributed by atoms with Crippen LogP contribution in [0.15, 0.2) is 30.3 Å². The molecule has 1 N–H and O–H groups in total. The molecule has 1 atom stereocenters. The minimum Gasteiger partial charge on any atom is -0.494 e. The summed E-state index contributed by atoms with van der Waals surface area (Å²) in [7, 11) is 0. The van der Waals surface area contributed by atoms with Crippen LogP contribution in [0.3, 0.4) is 0 Å². The summed E-state index contributed by atoms with van der Waals surface area (Å²) in [5, 5.41) is 3.65. The van der Waals surface area contributed by atoms with Crippen molar-refractivity contribution in [3.63, 3.8) is 0 Å². The monoisotopic (exact) mass is 247 g/mol. The van der Waals surface area contributed by atoms with Crippen LogP contribution in [0.4, 0.5) is 0 Å². The van der Waals surface area contributed by atoms with Gasteiger partial charge in [-0.1, -0.05) is 38.0 Å². The highest BCUT2D eigenvalue weighted by Gasteiger charge is 2.24. The van der Waals surface area contributed by atoms with E-state index < -0.39 is 0 Å². The summed E-state index contributed by atoms with van der Waals surface area (Å²) < 4.78 is 5.78. The zero-order valence-corrected chi connectivity index (χ0v) is 11.4. The third kappa shape index (κ3) is 5.09. The summed E-state index contributed by atoms with van der Waals surface area (Å²) in [6.45, 7) is 4.17. The third-order valence-corrected chi connectivity index (χ3v) is 3.48. The number of hydrogen-bond acceptors (Lipinski definition) is 2. The fourth-order valence-electron chi connectivity index (χ4n) is 2.24. The Hall–Kier alpha value is -1.02. The molecular weight excluding hydrogens is 222 g/mol. The molecule has 1 aliphatic rings. The maximum Gasteiger partial charge on any atom is 0.119 e. The third-order valence-electron chi connectivity index (χ3n) is 3.48. The molecule has 1 aliphatic carbocycles. The van der Waals surface area contributed by atoms with Gasteiger partial charge in [-0.15, -0.1) is 0 Å². The number of hydrogen-bond donors (Lipinski definition) is 1. The largest absolute Gasteiger partial charge is 0.494 e. The lowest BCUT2D eigenvalue weighted by atomic mass is 10.1. The highest BCUT2D eigenvalue weighted by molar-refractivity contribution is 5.20. The van der Waals surface area contributed by atoms with Crippen LogP contribution in [0.25, 0.3) is 0 Å². The molecule has 1 aromatic rings. The Balaban J connectivity index is 1.67. The van der Waals surface area contributed by atoms with Crippen LogP contribution >= 0.6 is 0 Å². The highest BCUT2D eigenvalue weighted by Crippen LogP contribution is 2.34. The average molecular weight is 247 g/mol. The van der Waals surface area contributed by atoms with E-state index in [0.29, 0.717) is 6.04 Å². The Morgan fingerprint density at radius 2 is 2.06 bits per heavy atom. The van der Waals surface area contributed by atoms with Gasteiger partial charge in [-0.2, -0.15) is 0 Å². The standard InChI is InChI=1S/C16H25NO/c1-2-11-17-15(13-14-8-9-14)10-12-18-16-6-4-3-5-7-16/h3-7,14-15,17H,2,8-13H2,1H3. The van der Waals surface area contributed by atoms with Crippen molar-refractivity contribution in [1.29, 1.82) is 0 Å². The molecule has 1 aromatic carbocycles. The number of para-hydroxylation sites is 1. The van der Waals surface area contributed by atoms with Gasteiger partial charge in [0.05, 0.1) is 6.61 Å². The molecule has 0 saturated heterocycles. The number of nitrogens with one attached hydrogen (secondary N) is 1. The molecule has 0 bridgehead atoms. The van der Waals surface area contributed by atoms with E-state index in [1.165, 1.54) is 25.7 Å². The second-order valence-corrected chi connectivity index (χ2v) is 5.28. The summed E-state index contributed by atoms with van der Waals surface area (Å²) >= 11 is 0. The van der Waals surface area contributed by atoms with Crippen LogP contribution < -0.4 is 10.1 Å². The van der Waals surface area contributed by atoms with E-state index in [4.69, 9.17) is 4.74 Å². The van der Waals surface area contributed by atoms with Crippen molar-refractivity contribution < 1.29 is 4.74 Å². The Kier molecular flexibility index (Phi) is 5.53. The summed E-state index contributed by atoms with van der Waals surface area (Å²) in [6.07, 6.45) is 6.53. The first-order valence-corrected chi connectivity index (χ1v) is 7.29. The Labute approximate surface area is 111 Å². The fraction of sp³-hybridized carbons (Fsp3) is 0.625. The molecule has 0 aromatic heterocycles. The molecular formula is C16H25NO. The second-order valence-electron chi connectivity index (χ2n) is 5.28. The zero-order chi connectivity index (χ0) is 12.6. The van der Waals surface area contributed by atoms with Gasteiger partial charge < -0.3 is 10.1 Å². The first-order valence-electron chi connectivity index (χ1n) is 7.29. The molecule has 0 radical (unpaired) electrons. The molecule has 2 heteroatoms. The van der Waals surface area contributed by atoms with Crippen LogP contribution in [0, 0.1) is 5.92 Å². The molecule has 18 heavy (non-hydrogen) atoms. The Morgan fingerprint density at radius 3 is 2.72 bits per heavy atom. The van der Waals surface area contributed by atoms with Crippen LogP contribution in [0.5, 0.6) is 5.75 Å². The van der Waals surface area contributed by atoms with Gasteiger partial charge in [-0.25, -0.2) is 0 Å². The summed E-state index contributed by atoms with van der Waals surface area (Å²) in [5.74, 6) is 1.97. The molecule has 100 valence electrons.